The second kappa shape index (κ2) is 9.72. The number of amides is 1. The zero-order valence-electron chi connectivity index (χ0n) is 17.6. The Bertz CT molecular complexity index is 960. The van der Waals surface area contributed by atoms with Crippen LogP contribution in [0.3, 0.4) is 0 Å². The average Bonchev–Trinajstić information content (AvgIpc) is 3.15. The van der Waals surface area contributed by atoms with Gasteiger partial charge in [-0.25, -0.2) is 4.68 Å². The zero-order chi connectivity index (χ0) is 20.8. The summed E-state index contributed by atoms with van der Waals surface area (Å²) in [6.45, 7) is 3.37. The highest BCUT2D eigenvalue weighted by molar-refractivity contribution is 6.01. The van der Waals surface area contributed by atoms with E-state index in [0.29, 0.717) is 18.2 Å². The van der Waals surface area contributed by atoms with E-state index in [2.05, 4.69) is 10.6 Å². The number of para-hydroxylation sites is 1. The van der Waals surface area contributed by atoms with Gasteiger partial charge in [-0.15, -0.1) is 0 Å². The van der Waals surface area contributed by atoms with E-state index in [4.69, 9.17) is 5.10 Å². The Labute approximate surface area is 178 Å². The number of hydrogen-bond acceptors (Lipinski definition) is 3. The molecule has 4 rings (SSSR count). The lowest BCUT2D eigenvalue weighted by Crippen LogP contribution is -2.38. The van der Waals surface area contributed by atoms with E-state index < -0.39 is 0 Å². The van der Waals surface area contributed by atoms with E-state index >= 15 is 0 Å². The first-order chi connectivity index (χ1) is 14.7. The summed E-state index contributed by atoms with van der Waals surface area (Å²) >= 11 is 0. The molecular formula is C25H30N4O. The van der Waals surface area contributed by atoms with Crippen molar-refractivity contribution in [1.82, 2.24) is 20.4 Å². The molecule has 0 atom stereocenters. The second-order valence-electron chi connectivity index (χ2n) is 7.97. The predicted molar refractivity (Wildman–Crippen MR) is 121 cm³/mol. The Hall–Kier alpha value is -2.92. The summed E-state index contributed by atoms with van der Waals surface area (Å²) in [5.41, 5.74) is 4.10. The van der Waals surface area contributed by atoms with Crippen molar-refractivity contribution in [3.8, 4) is 16.9 Å². The van der Waals surface area contributed by atoms with Crippen molar-refractivity contribution >= 4 is 5.91 Å². The van der Waals surface area contributed by atoms with Gasteiger partial charge in [-0.2, -0.15) is 5.10 Å². The molecule has 30 heavy (non-hydrogen) atoms. The highest BCUT2D eigenvalue weighted by Gasteiger charge is 2.23. The Morgan fingerprint density at radius 3 is 2.33 bits per heavy atom. The number of hydrogen-bond donors (Lipinski definition) is 2. The van der Waals surface area contributed by atoms with Gasteiger partial charge in [0.15, 0.2) is 0 Å². The van der Waals surface area contributed by atoms with Crippen molar-refractivity contribution in [2.45, 2.75) is 45.1 Å². The minimum Gasteiger partial charge on any atom is -0.351 e. The molecule has 0 unspecified atom stereocenters. The van der Waals surface area contributed by atoms with Crippen LogP contribution in [0.25, 0.3) is 16.9 Å². The first-order valence-corrected chi connectivity index (χ1v) is 11.0. The molecule has 1 aliphatic carbocycles. The quantitative estimate of drug-likeness (QED) is 0.572. The number of carbonyl (C=O) groups excluding carboxylic acids is 1. The number of benzene rings is 2. The zero-order valence-corrected chi connectivity index (χ0v) is 17.6. The lowest BCUT2D eigenvalue weighted by molar-refractivity contribution is 0.0953. The molecular weight excluding hydrogens is 372 g/mol. The van der Waals surface area contributed by atoms with E-state index in [0.717, 1.165) is 29.2 Å². The van der Waals surface area contributed by atoms with Gasteiger partial charge in [0, 0.05) is 24.7 Å². The van der Waals surface area contributed by atoms with Crippen molar-refractivity contribution < 1.29 is 4.79 Å². The van der Waals surface area contributed by atoms with Crippen molar-refractivity contribution in [3.05, 3.63) is 71.9 Å². The fourth-order valence-electron chi connectivity index (χ4n) is 4.24. The number of nitrogens with one attached hydrogen (secondary N) is 2. The van der Waals surface area contributed by atoms with Crippen LogP contribution in [-0.2, 0) is 0 Å². The normalized spacial score (nSPS) is 14.6. The Morgan fingerprint density at radius 2 is 1.63 bits per heavy atom. The summed E-state index contributed by atoms with van der Waals surface area (Å²) in [6.07, 6.45) is 6.45. The standard InChI is InChI=1S/C25H30N4O/c1-19-23(25(30)27-18-17-26-21-13-7-3-8-14-21)24(20-11-5-2-6-12-20)28-29(19)22-15-9-4-10-16-22/h2,4-6,9-12,15-16,21,26H,3,7-8,13-14,17-18H2,1H3,(H,27,30). The van der Waals surface area contributed by atoms with E-state index in [1.165, 1.54) is 32.1 Å². The van der Waals surface area contributed by atoms with Gasteiger partial charge in [-0.3, -0.25) is 4.79 Å². The molecule has 1 heterocycles. The highest BCUT2D eigenvalue weighted by Crippen LogP contribution is 2.27. The monoisotopic (exact) mass is 402 g/mol. The third-order valence-electron chi connectivity index (χ3n) is 5.84. The molecule has 0 radical (unpaired) electrons. The second-order valence-corrected chi connectivity index (χ2v) is 7.97. The molecule has 0 spiro atoms. The molecule has 5 nitrogen and oxygen atoms in total. The molecule has 2 aromatic carbocycles. The average molecular weight is 403 g/mol. The van der Waals surface area contributed by atoms with Crippen molar-refractivity contribution in [2.24, 2.45) is 0 Å². The Balaban J connectivity index is 1.53. The molecule has 0 saturated heterocycles. The van der Waals surface area contributed by atoms with Crippen molar-refractivity contribution in [1.29, 1.82) is 0 Å². The minimum absolute atomic E-state index is 0.0704. The maximum absolute atomic E-state index is 13.2. The maximum atomic E-state index is 13.2. The van der Waals surface area contributed by atoms with Gasteiger partial charge in [-0.05, 0) is 31.9 Å². The molecule has 1 aliphatic rings. The van der Waals surface area contributed by atoms with Crippen LogP contribution in [0.1, 0.15) is 48.2 Å². The maximum Gasteiger partial charge on any atom is 0.255 e. The molecule has 5 heteroatoms. The SMILES string of the molecule is Cc1c(C(=O)NCCNC2CCCCC2)c(-c2ccccc2)nn1-c1ccccc1. The minimum atomic E-state index is -0.0704. The van der Waals surface area contributed by atoms with Crippen LogP contribution in [0, 0.1) is 6.92 Å². The highest BCUT2D eigenvalue weighted by atomic mass is 16.1. The fraction of sp³-hybridized carbons (Fsp3) is 0.360. The van der Waals surface area contributed by atoms with Crippen molar-refractivity contribution in [3.63, 3.8) is 0 Å². The molecule has 0 bridgehead atoms. The molecule has 1 amide bonds. The third-order valence-corrected chi connectivity index (χ3v) is 5.84. The molecule has 156 valence electrons. The molecule has 0 aliphatic heterocycles. The summed E-state index contributed by atoms with van der Waals surface area (Å²) in [4.78, 5) is 13.2. The van der Waals surface area contributed by atoms with Gasteiger partial charge in [0.05, 0.1) is 16.9 Å². The largest absolute Gasteiger partial charge is 0.351 e. The molecule has 1 saturated carbocycles. The first-order valence-electron chi connectivity index (χ1n) is 11.0. The third kappa shape index (κ3) is 4.62. The van der Waals surface area contributed by atoms with Crippen LogP contribution < -0.4 is 10.6 Å². The van der Waals surface area contributed by atoms with Gasteiger partial charge in [0.1, 0.15) is 5.69 Å². The Kier molecular flexibility index (Phi) is 6.60. The van der Waals surface area contributed by atoms with Crippen LogP contribution in [0.15, 0.2) is 60.7 Å². The van der Waals surface area contributed by atoms with Gasteiger partial charge >= 0.3 is 0 Å². The summed E-state index contributed by atoms with van der Waals surface area (Å²) in [6, 6.07) is 20.5. The molecule has 3 aromatic rings. The lowest BCUT2D eigenvalue weighted by Gasteiger charge is -2.22. The van der Waals surface area contributed by atoms with Crippen LogP contribution in [0.2, 0.25) is 0 Å². The summed E-state index contributed by atoms with van der Waals surface area (Å²) in [7, 11) is 0. The summed E-state index contributed by atoms with van der Waals surface area (Å²) in [5, 5.41) is 11.5. The number of aromatic nitrogens is 2. The molecule has 1 fully saturated rings. The van der Waals surface area contributed by atoms with Gasteiger partial charge in [0.25, 0.3) is 5.91 Å². The number of rotatable bonds is 7. The van der Waals surface area contributed by atoms with Gasteiger partial charge in [0.2, 0.25) is 0 Å². The van der Waals surface area contributed by atoms with Gasteiger partial charge in [-0.1, -0.05) is 67.8 Å². The number of carbonyl (C=O) groups is 1. The first kappa shape index (κ1) is 20.4. The predicted octanol–water partition coefficient (Wildman–Crippen LogP) is 4.50. The van der Waals surface area contributed by atoms with Gasteiger partial charge < -0.3 is 10.6 Å². The van der Waals surface area contributed by atoms with Crippen LogP contribution in [0.5, 0.6) is 0 Å². The summed E-state index contributed by atoms with van der Waals surface area (Å²) < 4.78 is 1.86. The molecule has 1 aromatic heterocycles. The summed E-state index contributed by atoms with van der Waals surface area (Å²) in [5.74, 6) is -0.0704. The van der Waals surface area contributed by atoms with Crippen LogP contribution in [0.4, 0.5) is 0 Å². The van der Waals surface area contributed by atoms with E-state index in [9.17, 15) is 4.79 Å². The topological polar surface area (TPSA) is 59.0 Å². The lowest BCUT2D eigenvalue weighted by atomic mass is 9.95. The molecule has 2 N–H and O–H groups in total. The number of nitrogens with zero attached hydrogens (tertiary/aromatic N) is 2. The van der Waals surface area contributed by atoms with E-state index in [-0.39, 0.29) is 5.91 Å². The smallest absolute Gasteiger partial charge is 0.255 e. The fourth-order valence-corrected chi connectivity index (χ4v) is 4.24. The van der Waals surface area contributed by atoms with Crippen molar-refractivity contribution in [2.75, 3.05) is 13.1 Å². The Morgan fingerprint density at radius 1 is 0.967 bits per heavy atom. The van der Waals surface area contributed by atoms with Crippen LogP contribution >= 0.6 is 0 Å². The van der Waals surface area contributed by atoms with Crippen LogP contribution in [-0.4, -0.2) is 34.8 Å². The van der Waals surface area contributed by atoms with E-state index in [1.807, 2.05) is 72.3 Å². The van der Waals surface area contributed by atoms with E-state index in [1.54, 1.807) is 0 Å².